The molecule has 56 valence electrons. The van der Waals surface area contributed by atoms with E-state index in [-0.39, 0.29) is 0 Å². The molecule has 0 bridgehead atoms. The molecular formula is C9H8OS. The Kier molecular flexibility index (Phi) is 1.62. The van der Waals surface area contributed by atoms with Gasteiger partial charge in [-0.3, -0.25) is 0 Å². The highest BCUT2D eigenvalue weighted by Gasteiger charge is 2.15. The quantitative estimate of drug-likeness (QED) is 0.593. The van der Waals surface area contributed by atoms with Crippen molar-refractivity contribution in [3.8, 4) is 0 Å². The van der Waals surface area contributed by atoms with Crippen molar-refractivity contribution >= 4 is 11.8 Å². The molecule has 1 aliphatic heterocycles. The van der Waals surface area contributed by atoms with Gasteiger partial charge in [0, 0.05) is 16.2 Å². The van der Waals surface area contributed by atoms with Gasteiger partial charge >= 0.3 is 0 Å². The molecule has 11 heavy (non-hydrogen) atoms. The number of rotatable bonds is 0. The van der Waals surface area contributed by atoms with Gasteiger partial charge in [-0.2, -0.15) is 0 Å². The monoisotopic (exact) mass is 164 g/mol. The number of aliphatic hydroxyl groups excluding tert-OH is 1. The van der Waals surface area contributed by atoms with E-state index in [9.17, 15) is 5.11 Å². The van der Waals surface area contributed by atoms with Crippen LogP contribution in [-0.4, -0.2) is 10.9 Å². The average Bonchev–Trinajstić information content (AvgIpc) is 2.40. The van der Waals surface area contributed by atoms with Crippen LogP contribution in [0.15, 0.2) is 46.6 Å². The minimum absolute atomic E-state index is 0.384. The zero-order chi connectivity index (χ0) is 7.68. The predicted molar refractivity (Wildman–Crippen MR) is 48.5 cm³/mol. The molecule has 0 spiro atoms. The highest BCUT2D eigenvalue weighted by molar-refractivity contribution is 8.03. The van der Waals surface area contributed by atoms with Crippen LogP contribution in [-0.2, 0) is 0 Å². The van der Waals surface area contributed by atoms with Crippen molar-refractivity contribution in [2.24, 2.45) is 0 Å². The maximum atomic E-state index is 9.45. The lowest BCUT2D eigenvalue weighted by molar-refractivity contribution is 0.426. The molecule has 0 aromatic heterocycles. The maximum Gasteiger partial charge on any atom is 0.123 e. The molecule has 0 amide bonds. The third kappa shape index (κ3) is 1.14. The Bertz CT molecular complexity index is 295. The fourth-order valence-electron chi connectivity index (χ4n) is 1.14. The first-order valence-electron chi connectivity index (χ1n) is 3.49. The van der Waals surface area contributed by atoms with Gasteiger partial charge in [0.1, 0.15) is 5.76 Å². The molecule has 1 N–H and O–H groups in total. The fourth-order valence-corrected chi connectivity index (χ4v) is 2.09. The Morgan fingerprint density at radius 3 is 3.00 bits per heavy atom. The summed E-state index contributed by atoms with van der Waals surface area (Å²) in [7, 11) is 0. The van der Waals surface area contributed by atoms with Crippen LogP contribution in [0, 0.1) is 0 Å². The van der Waals surface area contributed by atoms with E-state index in [0.29, 0.717) is 5.76 Å². The third-order valence-electron chi connectivity index (χ3n) is 1.68. The lowest BCUT2D eigenvalue weighted by atomic mass is 10.2. The van der Waals surface area contributed by atoms with Crippen LogP contribution in [0.5, 0.6) is 0 Å². The second-order valence-electron chi connectivity index (χ2n) is 2.40. The number of fused-ring (bicyclic) bond motifs is 1. The van der Waals surface area contributed by atoms with E-state index >= 15 is 0 Å². The van der Waals surface area contributed by atoms with Crippen LogP contribution >= 0.6 is 11.8 Å². The Hall–Kier alpha value is -0.890. The Morgan fingerprint density at radius 2 is 2.09 bits per heavy atom. The second kappa shape index (κ2) is 2.62. The van der Waals surface area contributed by atoms with E-state index in [1.54, 1.807) is 17.8 Å². The molecule has 0 fully saturated rings. The molecular weight excluding hydrogens is 156 g/mol. The van der Waals surface area contributed by atoms with Crippen molar-refractivity contribution in [1.29, 1.82) is 0 Å². The summed E-state index contributed by atoms with van der Waals surface area (Å²) in [5.41, 5.74) is 0.986. The van der Waals surface area contributed by atoms with Crippen LogP contribution in [0.3, 0.4) is 0 Å². The number of aliphatic hydroxyl groups is 1. The summed E-state index contributed by atoms with van der Waals surface area (Å²) < 4.78 is 0. The minimum Gasteiger partial charge on any atom is -0.507 e. The van der Waals surface area contributed by atoms with Crippen LogP contribution in [0.25, 0.3) is 0 Å². The van der Waals surface area contributed by atoms with E-state index in [1.807, 2.05) is 18.2 Å². The summed E-state index contributed by atoms with van der Waals surface area (Å²) in [6.45, 7) is 0. The summed E-state index contributed by atoms with van der Waals surface area (Å²) in [6, 6.07) is 0. The summed E-state index contributed by atoms with van der Waals surface area (Å²) in [5.74, 6) is 1.36. The molecule has 2 aliphatic rings. The Morgan fingerprint density at radius 1 is 1.27 bits per heavy atom. The number of allylic oxidation sites excluding steroid dienone is 5. The van der Waals surface area contributed by atoms with E-state index < -0.39 is 0 Å². The fraction of sp³-hybridized carbons (Fsp3) is 0.111. The molecule has 0 saturated carbocycles. The van der Waals surface area contributed by atoms with E-state index in [4.69, 9.17) is 0 Å². The summed E-state index contributed by atoms with van der Waals surface area (Å²) >= 11 is 1.76. The SMILES string of the molecule is OC1=CC=CC=C2SCC=C12. The third-order valence-corrected chi connectivity index (χ3v) is 2.68. The minimum atomic E-state index is 0.384. The predicted octanol–water partition coefficient (Wildman–Crippen LogP) is 2.56. The Labute approximate surface area is 69.8 Å². The first-order valence-corrected chi connectivity index (χ1v) is 4.48. The van der Waals surface area contributed by atoms with Crippen LogP contribution in [0.2, 0.25) is 0 Å². The largest absolute Gasteiger partial charge is 0.507 e. The van der Waals surface area contributed by atoms with Crippen molar-refractivity contribution in [3.05, 3.63) is 46.6 Å². The van der Waals surface area contributed by atoms with Crippen molar-refractivity contribution in [2.45, 2.75) is 0 Å². The zero-order valence-electron chi connectivity index (χ0n) is 5.95. The summed E-state index contributed by atoms with van der Waals surface area (Å²) in [4.78, 5) is 1.17. The van der Waals surface area contributed by atoms with Crippen molar-refractivity contribution in [2.75, 3.05) is 5.75 Å². The molecule has 0 aromatic carbocycles. The van der Waals surface area contributed by atoms with Gasteiger partial charge in [-0.25, -0.2) is 0 Å². The highest BCUT2D eigenvalue weighted by Crippen LogP contribution is 2.35. The highest BCUT2D eigenvalue weighted by atomic mass is 32.2. The van der Waals surface area contributed by atoms with Gasteiger partial charge in [0.05, 0.1) is 0 Å². The van der Waals surface area contributed by atoms with Gasteiger partial charge in [0.15, 0.2) is 0 Å². The zero-order valence-corrected chi connectivity index (χ0v) is 6.77. The molecule has 0 saturated heterocycles. The van der Waals surface area contributed by atoms with Gasteiger partial charge in [-0.15, -0.1) is 11.8 Å². The van der Waals surface area contributed by atoms with Gasteiger partial charge < -0.3 is 5.11 Å². The van der Waals surface area contributed by atoms with Crippen molar-refractivity contribution < 1.29 is 5.11 Å². The second-order valence-corrected chi connectivity index (χ2v) is 3.46. The van der Waals surface area contributed by atoms with Gasteiger partial charge in [-0.05, 0) is 12.2 Å². The molecule has 2 rings (SSSR count). The molecule has 1 aliphatic carbocycles. The van der Waals surface area contributed by atoms with Crippen molar-refractivity contribution in [1.82, 2.24) is 0 Å². The smallest absolute Gasteiger partial charge is 0.123 e. The lowest BCUT2D eigenvalue weighted by Gasteiger charge is -1.99. The van der Waals surface area contributed by atoms with Crippen LogP contribution < -0.4 is 0 Å². The van der Waals surface area contributed by atoms with Crippen molar-refractivity contribution in [3.63, 3.8) is 0 Å². The number of hydrogen-bond acceptors (Lipinski definition) is 2. The molecule has 1 heterocycles. The molecule has 0 aromatic rings. The topological polar surface area (TPSA) is 20.2 Å². The van der Waals surface area contributed by atoms with Crippen LogP contribution in [0.4, 0.5) is 0 Å². The first kappa shape index (κ1) is 6.80. The van der Waals surface area contributed by atoms with E-state index in [0.717, 1.165) is 11.3 Å². The number of thioether (sulfide) groups is 1. The Balaban J connectivity index is 2.47. The number of hydrogen-bond donors (Lipinski definition) is 1. The molecule has 1 nitrogen and oxygen atoms in total. The molecule has 2 heteroatoms. The summed E-state index contributed by atoms with van der Waals surface area (Å²) in [5, 5.41) is 9.45. The molecule has 0 atom stereocenters. The average molecular weight is 164 g/mol. The van der Waals surface area contributed by atoms with Gasteiger partial charge in [0.25, 0.3) is 0 Å². The maximum absolute atomic E-state index is 9.45. The van der Waals surface area contributed by atoms with Crippen LogP contribution in [0.1, 0.15) is 0 Å². The normalized spacial score (nSPS) is 21.6. The standard InChI is InChI=1S/C9H8OS/c10-8-3-1-2-4-9-7(8)5-6-11-9/h1-5,10H,6H2. The molecule has 0 unspecified atom stereocenters. The van der Waals surface area contributed by atoms with E-state index in [1.165, 1.54) is 4.91 Å². The van der Waals surface area contributed by atoms with Gasteiger partial charge in [-0.1, -0.05) is 18.2 Å². The summed E-state index contributed by atoms with van der Waals surface area (Å²) in [6.07, 6.45) is 9.60. The van der Waals surface area contributed by atoms with E-state index in [2.05, 4.69) is 6.08 Å². The van der Waals surface area contributed by atoms with Gasteiger partial charge in [0.2, 0.25) is 0 Å². The molecule has 0 radical (unpaired) electrons. The lowest BCUT2D eigenvalue weighted by Crippen LogP contribution is -1.84. The first-order chi connectivity index (χ1) is 5.38.